The van der Waals surface area contributed by atoms with Gasteiger partial charge in [-0.3, -0.25) is 4.79 Å². The van der Waals surface area contributed by atoms with Gasteiger partial charge in [0.05, 0.1) is 0 Å². The zero-order valence-electron chi connectivity index (χ0n) is 10.9. The Morgan fingerprint density at radius 1 is 1.25 bits per heavy atom. The Hall–Kier alpha value is -0.570. The van der Waals surface area contributed by atoms with Crippen molar-refractivity contribution in [3.63, 3.8) is 0 Å². The Morgan fingerprint density at radius 3 is 2.50 bits per heavy atom. The lowest BCUT2D eigenvalue weighted by Gasteiger charge is -2.20. The SMILES string of the molecule is CC(C)(C)NCCC(=O)NCCCC1CC1. The van der Waals surface area contributed by atoms with Crippen molar-refractivity contribution in [1.29, 1.82) is 0 Å². The van der Waals surface area contributed by atoms with Gasteiger partial charge in [0.2, 0.25) is 5.91 Å². The first-order valence-electron chi connectivity index (χ1n) is 6.49. The molecule has 0 heterocycles. The maximum Gasteiger partial charge on any atom is 0.221 e. The van der Waals surface area contributed by atoms with Crippen LogP contribution in [0.25, 0.3) is 0 Å². The molecule has 0 aromatic heterocycles. The van der Waals surface area contributed by atoms with Crippen LogP contribution in [-0.4, -0.2) is 24.5 Å². The minimum atomic E-state index is 0.103. The van der Waals surface area contributed by atoms with Crippen LogP contribution in [-0.2, 0) is 4.79 Å². The van der Waals surface area contributed by atoms with Gasteiger partial charge in [-0.1, -0.05) is 12.8 Å². The van der Waals surface area contributed by atoms with Crippen molar-refractivity contribution < 1.29 is 4.79 Å². The topological polar surface area (TPSA) is 41.1 Å². The second-order valence-corrected chi connectivity index (χ2v) is 5.86. The van der Waals surface area contributed by atoms with Crippen molar-refractivity contribution in [2.45, 2.75) is 58.4 Å². The highest BCUT2D eigenvalue weighted by Crippen LogP contribution is 2.33. The molecule has 1 rings (SSSR count). The second kappa shape index (κ2) is 6.24. The zero-order chi connectivity index (χ0) is 12.0. The Kier molecular flexibility index (Phi) is 5.26. The fourth-order valence-corrected chi connectivity index (χ4v) is 1.66. The van der Waals surface area contributed by atoms with E-state index in [2.05, 4.69) is 31.4 Å². The van der Waals surface area contributed by atoms with Gasteiger partial charge in [-0.05, 0) is 39.5 Å². The van der Waals surface area contributed by atoms with Crippen molar-refractivity contribution in [2.24, 2.45) is 5.92 Å². The van der Waals surface area contributed by atoms with Gasteiger partial charge < -0.3 is 10.6 Å². The lowest BCUT2D eigenvalue weighted by molar-refractivity contribution is -0.121. The first kappa shape index (κ1) is 13.5. The van der Waals surface area contributed by atoms with Crippen molar-refractivity contribution >= 4 is 5.91 Å². The maximum absolute atomic E-state index is 11.4. The van der Waals surface area contributed by atoms with Crippen molar-refractivity contribution in [3.05, 3.63) is 0 Å². The van der Waals surface area contributed by atoms with Crippen molar-refractivity contribution in [1.82, 2.24) is 10.6 Å². The first-order valence-corrected chi connectivity index (χ1v) is 6.49. The van der Waals surface area contributed by atoms with E-state index < -0.39 is 0 Å². The molecule has 0 aromatic carbocycles. The van der Waals surface area contributed by atoms with E-state index in [4.69, 9.17) is 0 Å². The van der Waals surface area contributed by atoms with Gasteiger partial charge in [0.15, 0.2) is 0 Å². The summed E-state index contributed by atoms with van der Waals surface area (Å²) in [7, 11) is 0. The molecule has 1 fully saturated rings. The molecule has 0 aliphatic heterocycles. The van der Waals surface area contributed by atoms with Crippen molar-refractivity contribution in [2.75, 3.05) is 13.1 Å². The Bertz CT molecular complexity index is 216. The van der Waals surface area contributed by atoms with Crippen LogP contribution in [0.4, 0.5) is 0 Å². The van der Waals surface area contributed by atoms with Gasteiger partial charge in [-0.15, -0.1) is 0 Å². The maximum atomic E-state index is 11.4. The standard InChI is InChI=1S/C13H26N2O/c1-13(2,3)15-10-8-12(16)14-9-4-5-11-6-7-11/h11,15H,4-10H2,1-3H3,(H,14,16). The highest BCUT2D eigenvalue weighted by atomic mass is 16.1. The highest BCUT2D eigenvalue weighted by Gasteiger charge is 2.20. The van der Waals surface area contributed by atoms with Crippen LogP contribution >= 0.6 is 0 Å². The Balaban J connectivity index is 1.89. The van der Waals surface area contributed by atoms with Gasteiger partial charge in [-0.2, -0.15) is 0 Å². The smallest absolute Gasteiger partial charge is 0.221 e. The molecule has 1 aliphatic rings. The Morgan fingerprint density at radius 2 is 1.94 bits per heavy atom. The lowest BCUT2D eigenvalue weighted by atomic mass is 10.1. The molecule has 1 amide bonds. The largest absolute Gasteiger partial charge is 0.356 e. The van der Waals surface area contributed by atoms with Crippen LogP contribution in [0.1, 0.15) is 52.9 Å². The summed E-state index contributed by atoms with van der Waals surface area (Å²) in [6.45, 7) is 7.95. The summed E-state index contributed by atoms with van der Waals surface area (Å²) in [6.07, 6.45) is 5.83. The fraction of sp³-hybridized carbons (Fsp3) is 0.923. The number of rotatable bonds is 7. The molecule has 0 spiro atoms. The Labute approximate surface area is 99.4 Å². The van der Waals surface area contributed by atoms with E-state index in [0.717, 1.165) is 25.4 Å². The minimum absolute atomic E-state index is 0.103. The number of nitrogens with one attached hydrogen (secondary N) is 2. The van der Waals surface area contributed by atoms with E-state index in [1.165, 1.54) is 19.3 Å². The lowest BCUT2D eigenvalue weighted by Crippen LogP contribution is -2.38. The molecule has 94 valence electrons. The quantitative estimate of drug-likeness (QED) is 0.653. The van der Waals surface area contributed by atoms with Crippen LogP contribution in [0, 0.1) is 5.92 Å². The summed E-state index contributed by atoms with van der Waals surface area (Å²) in [5.74, 6) is 1.15. The first-order chi connectivity index (χ1) is 7.47. The number of hydrogen-bond acceptors (Lipinski definition) is 2. The number of carbonyl (C=O) groups excluding carboxylic acids is 1. The van der Waals surface area contributed by atoms with E-state index >= 15 is 0 Å². The summed E-state index contributed by atoms with van der Waals surface area (Å²) >= 11 is 0. The molecule has 1 saturated carbocycles. The van der Waals surface area contributed by atoms with Gasteiger partial charge in [0.1, 0.15) is 0 Å². The molecule has 3 heteroatoms. The summed E-state index contributed by atoms with van der Waals surface area (Å²) in [5, 5.41) is 6.28. The molecule has 1 aliphatic carbocycles. The molecule has 0 unspecified atom stereocenters. The molecule has 0 aromatic rings. The van der Waals surface area contributed by atoms with Crippen LogP contribution in [0.15, 0.2) is 0 Å². The summed E-state index contributed by atoms with van der Waals surface area (Å²) in [4.78, 5) is 11.4. The molecule has 2 N–H and O–H groups in total. The summed E-state index contributed by atoms with van der Waals surface area (Å²) < 4.78 is 0. The molecule has 0 atom stereocenters. The molecule has 0 radical (unpaired) electrons. The predicted octanol–water partition coefficient (Wildman–Crippen LogP) is 2.07. The van der Waals surface area contributed by atoms with Gasteiger partial charge >= 0.3 is 0 Å². The normalized spacial score (nSPS) is 16.2. The monoisotopic (exact) mass is 226 g/mol. The summed E-state index contributed by atoms with van der Waals surface area (Å²) in [6, 6.07) is 0. The van der Waals surface area contributed by atoms with E-state index in [0.29, 0.717) is 6.42 Å². The molecule has 3 nitrogen and oxygen atoms in total. The fourth-order valence-electron chi connectivity index (χ4n) is 1.66. The number of amides is 1. The number of carbonyl (C=O) groups is 1. The van der Waals surface area contributed by atoms with Crippen LogP contribution in [0.3, 0.4) is 0 Å². The minimum Gasteiger partial charge on any atom is -0.356 e. The highest BCUT2D eigenvalue weighted by molar-refractivity contribution is 5.75. The van der Waals surface area contributed by atoms with E-state index in [1.54, 1.807) is 0 Å². The number of hydrogen-bond donors (Lipinski definition) is 2. The molecule has 16 heavy (non-hydrogen) atoms. The van der Waals surface area contributed by atoms with E-state index in [9.17, 15) is 4.79 Å². The van der Waals surface area contributed by atoms with E-state index in [1.807, 2.05) is 0 Å². The second-order valence-electron chi connectivity index (χ2n) is 5.86. The van der Waals surface area contributed by atoms with Crippen LogP contribution < -0.4 is 10.6 Å². The van der Waals surface area contributed by atoms with Gasteiger partial charge in [0.25, 0.3) is 0 Å². The summed E-state index contributed by atoms with van der Waals surface area (Å²) in [5.41, 5.74) is 0.103. The predicted molar refractivity (Wildman–Crippen MR) is 67.3 cm³/mol. The van der Waals surface area contributed by atoms with Crippen LogP contribution in [0.5, 0.6) is 0 Å². The van der Waals surface area contributed by atoms with E-state index in [-0.39, 0.29) is 11.4 Å². The average molecular weight is 226 g/mol. The zero-order valence-corrected chi connectivity index (χ0v) is 10.9. The molecular formula is C13H26N2O. The molecular weight excluding hydrogens is 200 g/mol. The van der Waals surface area contributed by atoms with Crippen LogP contribution in [0.2, 0.25) is 0 Å². The average Bonchev–Trinajstić information content (AvgIpc) is 2.94. The molecule has 0 bridgehead atoms. The third-order valence-electron chi connectivity index (χ3n) is 2.82. The molecule has 0 saturated heterocycles. The third-order valence-corrected chi connectivity index (χ3v) is 2.82. The van der Waals surface area contributed by atoms with Gasteiger partial charge in [-0.25, -0.2) is 0 Å². The van der Waals surface area contributed by atoms with Crippen molar-refractivity contribution in [3.8, 4) is 0 Å². The third kappa shape index (κ3) is 7.69. The van der Waals surface area contributed by atoms with Gasteiger partial charge in [0, 0.05) is 25.0 Å².